The lowest BCUT2D eigenvalue weighted by Crippen LogP contribution is -2.51. The third kappa shape index (κ3) is 7.40. The molecule has 4 rings (SSSR count). The molecule has 2 amide bonds. The van der Waals surface area contributed by atoms with Gasteiger partial charge in [-0.05, 0) is 51.3 Å². The van der Waals surface area contributed by atoms with Crippen LogP contribution >= 0.6 is 22.9 Å². The highest BCUT2D eigenvalue weighted by molar-refractivity contribution is 7.09. The monoisotopic (exact) mass is 583 g/mol. The first-order chi connectivity index (χ1) is 19.2. The number of likely N-dealkylation sites (tertiary alicyclic amines) is 1. The van der Waals surface area contributed by atoms with Crippen LogP contribution in [0.2, 0.25) is 5.02 Å². The number of aromatic nitrogens is 1. The van der Waals surface area contributed by atoms with Crippen LogP contribution in [0.25, 0.3) is 0 Å². The fourth-order valence-corrected chi connectivity index (χ4v) is 5.80. The number of hydrogen-bond acceptors (Lipinski definition) is 7. The molecule has 0 bridgehead atoms. The summed E-state index contributed by atoms with van der Waals surface area (Å²) in [4.78, 5) is 45.2. The maximum absolute atomic E-state index is 13.3. The molecule has 3 aromatic rings. The predicted molar refractivity (Wildman–Crippen MR) is 155 cm³/mol. The van der Waals surface area contributed by atoms with Crippen LogP contribution in [0.5, 0.6) is 5.75 Å². The zero-order valence-corrected chi connectivity index (χ0v) is 24.5. The number of nitrogens with one attached hydrogen (secondary N) is 1. The Bertz CT molecular complexity index is 1320. The number of benzene rings is 2. The van der Waals surface area contributed by atoms with Crippen molar-refractivity contribution in [1.82, 2.24) is 15.2 Å². The number of esters is 1. The first-order valence-corrected chi connectivity index (χ1v) is 14.6. The van der Waals surface area contributed by atoms with E-state index >= 15 is 0 Å². The van der Waals surface area contributed by atoms with E-state index in [1.807, 2.05) is 47.4 Å². The average Bonchev–Trinajstić information content (AvgIpc) is 3.45. The minimum absolute atomic E-state index is 0.103. The van der Waals surface area contributed by atoms with Crippen LogP contribution in [0, 0.1) is 0 Å². The number of carbonyl (C=O) groups excluding carboxylic acids is 3. The summed E-state index contributed by atoms with van der Waals surface area (Å²) in [5.41, 5.74) is 0.121. The molecule has 1 aliphatic rings. The Kier molecular flexibility index (Phi) is 9.81. The van der Waals surface area contributed by atoms with Crippen LogP contribution < -0.4 is 10.1 Å². The molecular weight excluding hydrogens is 550 g/mol. The van der Waals surface area contributed by atoms with E-state index in [1.54, 1.807) is 38.3 Å². The summed E-state index contributed by atoms with van der Waals surface area (Å²) in [5.74, 6) is -0.391. The third-order valence-corrected chi connectivity index (χ3v) is 8.08. The lowest BCUT2D eigenvalue weighted by Gasteiger charge is -2.36. The number of halogens is 1. The van der Waals surface area contributed by atoms with Crippen molar-refractivity contribution in [1.29, 1.82) is 0 Å². The fraction of sp³-hybridized carbons (Fsp3) is 0.400. The molecule has 8 nitrogen and oxygen atoms in total. The number of para-hydroxylation sites is 1. The molecule has 1 unspecified atom stereocenters. The number of nitrogens with zero attached hydrogens (tertiary/aromatic N) is 2. The van der Waals surface area contributed by atoms with Gasteiger partial charge < -0.3 is 19.7 Å². The maximum Gasteiger partial charge on any atom is 0.328 e. The van der Waals surface area contributed by atoms with Crippen LogP contribution in [0.15, 0.2) is 60.0 Å². The quantitative estimate of drug-likeness (QED) is 0.327. The van der Waals surface area contributed by atoms with Crippen molar-refractivity contribution in [3.8, 4) is 5.75 Å². The summed E-state index contributed by atoms with van der Waals surface area (Å²) >= 11 is 7.64. The van der Waals surface area contributed by atoms with Gasteiger partial charge in [-0.3, -0.25) is 9.59 Å². The van der Waals surface area contributed by atoms with Gasteiger partial charge in [-0.25, -0.2) is 9.78 Å². The van der Waals surface area contributed by atoms with Gasteiger partial charge in [-0.15, -0.1) is 11.3 Å². The SMILES string of the molecule is CCOC(=O)C(Cc1ccccc1)NC(=O)c1csc(C2CCN(C(=O)C(C)(C)Oc3ccccc3Cl)CC2)n1. The summed E-state index contributed by atoms with van der Waals surface area (Å²) in [5, 5.41) is 5.82. The predicted octanol–water partition coefficient (Wildman–Crippen LogP) is 5.26. The zero-order chi connectivity index (χ0) is 28.7. The highest BCUT2D eigenvalue weighted by atomic mass is 35.5. The van der Waals surface area contributed by atoms with E-state index in [4.69, 9.17) is 21.1 Å². The Morgan fingerprint density at radius 2 is 1.77 bits per heavy atom. The zero-order valence-electron chi connectivity index (χ0n) is 22.9. The molecular formula is C30H34ClN3O5S. The van der Waals surface area contributed by atoms with Crippen molar-refractivity contribution in [3.63, 3.8) is 0 Å². The minimum Gasteiger partial charge on any atom is -0.476 e. The molecule has 0 radical (unpaired) electrons. The van der Waals surface area contributed by atoms with E-state index in [2.05, 4.69) is 10.3 Å². The molecule has 0 saturated carbocycles. The second kappa shape index (κ2) is 13.3. The van der Waals surface area contributed by atoms with Gasteiger partial charge in [0.2, 0.25) is 0 Å². The Morgan fingerprint density at radius 3 is 2.45 bits per heavy atom. The third-order valence-electron chi connectivity index (χ3n) is 6.76. The molecule has 1 N–H and O–H groups in total. The smallest absolute Gasteiger partial charge is 0.328 e. The highest BCUT2D eigenvalue weighted by Crippen LogP contribution is 2.33. The summed E-state index contributed by atoms with van der Waals surface area (Å²) in [6, 6.07) is 15.8. The highest BCUT2D eigenvalue weighted by Gasteiger charge is 2.37. The largest absolute Gasteiger partial charge is 0.476 e. The number of ether oxygens (including phenoxy) is 2. The first kappa shape index (κ1) is 29.6. The van der Waals surface area contributed by atoms with Gasteiger partial charge in [0.25, 0.3) is 11.8 Å². The van der Waals surface area contributed by atoms with Crippen molar-refractivity contribution in [2.24, 2.45) is 0 Å². The number of rotatable bonds is 10. The van der Waals surface area contributed by atoms with Crippen LogP contribution in [0.4, 0.5) is 0 Å². The molecule has 40 heavy (non-hydrogen) atoms. The maximum atomic E-state index is 13.3. The molecule has 1 aliphatic heterocycles. The Hall–Kier alpha value is -3.43. The van der Waals surface area contributed by atoms with Crippen LogP contribution in [0.3, 0.4) is 0 Å². The molecule has 10 heteroatoms. The second-order valence-electron chi connectivity index (χ2n) is 10.1. The topological polar surface area (TPSA) is 97.8 Å². The van der Waals surface area contributed by atoms with E-state index in [0.29, 0.717) is 30.3 Å². The first-order valence-electron chi connectivity index (χ1n) is 13.4. The number of hydrogen-bond donors (Lipinski definition) is 1. The Labute approximate surface area is 243 Å². The van der Waals surface area contributed by atoms with Crippen LogP contribution in [-0.4, -0.2) is 59.0 Å². The fourth-order valence-electron chi connectivity index (χ4n) is 4.65. The molecule has 1 fully saturated rings. The molecule has 212 valence electrons. The lowest BCUT2D eigenvalue weighted by atomic mass is 9.96. The second-order valence-corrected chi connectivity index (χ2v) is 11.4. The summed E-state index contributed by atoms with van der Waals surface area (Å²) in [7, 11) is 0. The number of amides is 2. The number of thiazole rings is 1. The van der Waals surface area contributed by atoms with Crippen molar-refractivity contribution >= 4 is 40.7 Å². The molecule has 0 aliphatic carbocycles. The number of carbonyl (C=O) groups is 3. The van der Waals surface area contributed by atoms with E-state index in [0.717, 1.165) is 23.4 Å². The Morgan fingerprint density at radius 1 is 1.10 bits per heavy atom. The normalized spacial score (nSPS) is 14.8. The van der Waals surface area contributed by atoms with E-state index in [9.17, 15) is 14.4 Å². The van der Waals surface area contributed by atoms with Gasteiger partial charge >= 0.3 is 5.97 Å². The van der Waals surface area contributed by atoms with Gasteiger partial charge in [0.15, 0.2) is 5.60 Å². The number of piperidine rings is 1. The molecule has 0 spiro atoms. The van der Waals surface area contributed by atoms with Gasteiger partial charge in [0.1, 0.15) is 17.5 Å². The van der Waals surface area contributed by atoms with Crippen molar-refractivity contribution in [2.45, 2.75) is 57.6 Å². The van der Waals surface area contributed by atoms with Gasteiger partial charge in [-0.1, -0.05) is 54.1 Å². The molecule has 2 heterocycles. The van der Waals surface area contributed by atoms with Crippen molar-refractivity contribution in [3.05, 3.63) is 81.3 Å². The van der Waals surface area contributed by atoms with Crippen molar-refractivity contribution < 1.29 is 23.9 Å². The van der Waals surface area contributed by atoms with E-state index in [-0.39, 0.29) is 24.1 Å². The van der Waals surface area contributed by atoms with Gasteiger partial charge in [-0.2, -0.15) is 0 Å². The molecule has 1 saturated heterocycles. The lowest BCUT2D eigenvalue weighted by molar-refractivity contribution is -0.146. The van der Waals surface area contributed by atoms with E-state index in [1.165, 1.54) is 11.3 Å². The minimum atomic E-state index is -1.07. The Balaban J connectivity index is 1.34. The molecule has 1 aromatic heterocycles. The summed E-state index contributed by atoms with van der Waals surface area (Å²) in [6.07, 6.45) is 1.77. The van der Waals surface area contributed by atoms with Crippen LogP contribution in [-0.2, 0) is 20.7 Å². The average molecular weight is 584 g/mol. The molecule has 2 aromatic carbocycles. The van der Waals surface area contributed by atoms with Gasteiger partial charge in [0, 0.05) is 30.8 Å². The standard InChI is InChI=1S/C30H34ClN3O5S/c1-4-38-28(36)23(18-20-10-6-5-7-11-20)32-26(35)24-19-40-27(33-24)21-14-16-34(17-15-21)29(37)30(2,3)39-25-13-9-8-12-22(25)31/h5-13,19,21,23H,4,14-18H2,1-3H3,(H,32,35). The van der Waals surface area contributed by atoms with Crippen molar-refractivity contribution in [2.75, 3.05) is 19.7 Å². The van der Waals surface area contributed by atoms with Crippen LogP contribution in [0.1, 0.15) is 60.6 Å². The summed E-state index contributed by atoms with van der Waals surface area (Å²) < 4.78 is 11.2. The van der Waals surface area contributed by atoms with Gasteiger partial charge in [0.05, 0.1) is 16.6 Å². The van der Waals surface area contributed by atoms with E-state index < -0.39 is 23.5 Å². The summed E-state index contributed by atoms with van der Waals surface area (Å²) in [6.45, 7) is 6.57. The molecule has 1 atom stereocenters.